The van der Waals surface area contributed by atoms with Crippen LogP contribution in [0.25, 0.3) is 0 Å². The number of ether oxygens (including phenoxy) is 1. The SMILES string of the molecule is Cc1cc(F)c(F)cc1C(CC(N)C(=O)O)OCCC(=O)O. The van der Waals surface area contributed by atoms with Crippen LogP contribution in [0.3, 0.4) is 0 Å². The summed E-state index contributed by atoms with van der Waals surface area (Å²) in [5, 5.41) is 17.4. The molecule has 0 bridgehead atoms. The molecule has 0 radical (unpaired) electrons. The molecule has 8 heteroatoms. The van der Waals surface area contributed by atoms with Gasteiger partial charge in [-0.2, -0.15) is 0 Å². The lowest BCUT2D eigenvalue weighted by atomic mass is 9.97. The molecule has 0 amide bonds. The molecule has 0 aliphatic heterocycles. The van der Waals surface area contributed by atoms with E-state index in [4.69, 9.17) is 20.7 Å². The fraction of sp³-hybridized carbons (Fsp3) is 0.429. The third kappa shape index (κ3) is 5.05. The minimum atomic E-state index is -1.28. The molecule has 1 aromatic carbocycles. The van der Waals surface area contributed by atoms with Gasteiger partial charge in [-0.1, -0.05) is 0 Å². The summed E-state index contributed by atoms with van der Waals surface area (Å²) in [6.45, 7) is 1.31. The maximum absolute atomic E-state index is 13.4. The molecule has 0 saturated heterocycles. The van der Waals surface area contributed by atoms with Crippen molar-refractivity contribution < 1.29 is 33.3 Å². The largest absolute Gasteiger partial charge is 0.481 e. The Labute approximate surface area is 125 Å². The van der Waals surface area contributed by atoms with Crippen LogP contribution in [0.2, 0.25) is 0 Å². The highest BCUT2D eigenvalue weighted by molar-refractivity contribution is 5.73. The zero-order valence-electron chi connectivity index (χ0n) is 11.9. The number of carboxylic acids is 2. The van der Waals surface area contributed by atoms with Crippen molar-refractivity contribution in [3.05, 3.63) is 34.9 Å². The fourth-order valence-corrected chi connectivity index (χ4v) is 1.91. The predicted molar refractivity (Wildman–Crippen MR) is 72.3 cm³/mol. The summed E-state index contributed by atoms with van der Waals surface area (Å²) >= 11 is 0. The lowest BCUT2D eigenvalue weighted by Crippen LogP contribution is -2.32. The van der Waals surface area contributed by atoms with Crippen LogP contribution in [0.1, 0.15) is 30.1 Å². The van der Waals surface area contributed by atoms with E-state index in [1.807, 2.05) is 0 Å². The van der Waals surface area contributed by atoms with E-state index >= 15 is 0 Å². The number of carboxylic acid groups (broad SMARTS) is 2. The molecule has 0 fully saturated rings. The topological polar surface area (TPSA) is 110 Å². The molecule has 6 nitrogen and oxygen atoms in total. The first-order chi connectivity index (χ1) is 10.2. The molecule has 22 heavy (non-hydrogen) atoms. The smallest absolute Gasteiger partial charge is 0.320 e. The number of halogens is 2. The molecule has 0 heterocycles. The van der Waals surface area contributed by atoms with Crippen molar-refractivity contribution in [1.29, 1.82) is 0 Å². The van der Waals surface area contributed by atoms with Gasteiger partial charge in [0.05, 0.1) is 19.1 Å². The van der Waals surface area contributed by atoms with Gasteiger partial charge in [0, 0.05) is 6.42 Å². The van der Waals surface area contributed by atoms with Gasteiger partial charge in [0.1, 0.15) is 6.04 Å². The Morgan fingerprint density at radius 2 is 1.86 bits per heavy atom. The molecule has 4 N–H and O–H groups in total. The first kappa shape index (κ1) is 18.0. The molecule has 2 atom stereocenters. The Balaban J connectivity index is 3.00. The Morgan fingerprint density at radius 1 is 1.27 bits per heavy atom. The van der Waals surface area contributed by atoms with E-state index in [0.29, 0.717) is 5.56 Å². The van der Waals surface area contributed by atoms with Gasteiger partial charge in [-0.15, -0.1) is 0 Å². The number of carbonyl (C=O) groups is 2. The lowest BCUT2D eigenvalue weighted by Gasteiger charge is -2.22. The van der Waals surface area contributed by atoms with Crippen LogP contribution in [0.4, 0.5) is 8.78 Å². The molecule has 1 rings (SSSR count). The van der Waals surface area contributed by atoms with Crippen molar-refractivity contribution in [2.75, 3.05) is 6.61 Å². The summed E-state index contributed by atoms with van der Waals surface area (Å²) in [5.41, 5.74) is 6.04. The van der Waals surface area contributed by atoms with Crippen molar-refractivity contribution in [2.24, 2.45) is 5.73 Å². The lowest BCUT2D eigenvalue weighted by molar-refractivity contribution is -0.141. The summed E-state index contributed by atoms with van der Waals surface area (Å²) < 4.78 is 31.9. The molecule has 2 unspecified atom stereocenters. The van der Waals surface area contributed by atoms with Crippen LogP contribution in [0.15, 0.2) is 12.1 Å². The van der Waals surface area contributed by atoms with Crippen LogP contribution < -0.4 is 5.73 Å². The van der Waals surface area contributed by atoms with Crippen LogP contribution >= 0.6 is 0 Å². The average molecular weight is 317 g/mol. The molecule has 1 aromatic rings. The molecule has 0 spiro atoms. The Hall–Kier alpha value is -2.06. The monoisotopic (exact) mass is 317 g/mol. The Kier molecular flexibility index (Phi) is 6.39. The molecule has 0 aliphatic rings. The van der Waals surface area contributed by atoms with Gasteiger partial charge >= 0.3 is 11.9 Å². The van der Waals surface area contributed by atoms with Gasteiger partial charge in [-0.05, 0) is 30.2 Å². The second-order valence-corrected chi connectivity index (χ2v) is 4.81. The van der Waals surface area contributed by atoms with Gasteiger partial charge in [0.25, 0.3) is 0 Å². The molecule has 122 valence electrons. The second kappa shape index (κ2) is 7.81. The first-order valence-corrected chi connectivity index (χ1v) is 6.49. The number of nitrogens with two attached hydrogens (primary N) is 1. The van der Waals surface area contributed by atoms with E-state index in [1.165, 1.54) is 6.92 Å². The van der Waals surface area contributed by atoms with E-state index < -0.39 is 35.7 Å². The van der Waals surface area contributed by atoms with E-state index in [1.54, 1.807) is 0 Å². The summed E-state index contributed by atoms with van der Waals surface area (Å²) in [7, 11) is 0. The second-order valence-electron chi connectivity index (χ2n) is 4.81. The number of rotatable bonds is 8. The Bertz CT molecular complexity index is 564. The average Bonchev–Trinajstić information content (AvgIpc) is 2.41. The highest BCUT2D eigenvalue weighted by Crippen LogP contribution is 2.27. The van der Waals surface area contributed by atoms with E-state index in [2.05, 4.69) is 0 Å². The van der Waals surface area contributed by atoms with Gasteiger partial charge < -0.3 is 20.7 Å². The van der Waals surface area contributed by atoms with Crippen molar-refractivity contribution in [3.63, 3.8) is 0 Å². The fourth-order valence-electron chi connectivity index (χ4n) is 1.91. The van der Waals surface area contributed by atoms with Gasteiger partial charge in [-0.3, -0.25) is 9.59 Å². The molecular weight excluding hydrogens is 300 g/mol. The number of aliphatic carboxylic acids is 2. The zero-order valence-corrected chi connectivity index (χ0v) is 11.9. The third-order valence-corrected chi connectivity index (χ3v) is 3.08. The van der Waals surface area contributed by atoms with Crippen LogP contribution in [-0.2, 0) is 14.3 Å². The predicted octanol–water partition coefficient (Wildman–Crippen LogP) is 1.61. The normalized spacial score (nSPS) is 13.6. The van der Waals surface area contributed by atoms with Crippen LogP contribution in [0.5, 0.6) is 0 Å². The summed E-state index contributed by atoms with van der Waals surface area (Å²) in [6.07, 6.45) is -1.44. The number of benzene rings is 1. The maximum Gasteiger partial charge on any atom is 0.320 e. The van der Waals surface area contributed by atoms with E-state index in [9.17, 15) is 18.4 Å². The first-order valence-electron chi connectivity index (χ1n) is 6.49. The van der Waals surface area contributed by atoms with Crippen molar-refractivity contribution in [3.8, 4) is 0 Å². The maximum atomic E-state index is 13.4. The van der Waals surface area contributed by atoms with E-state index in [0.717, 1.165) is 12.1 Å². The third-order valence-electron chi connectivity index (χ3n) is 3.08. The summed E-state index contributed by atoms with van der Waals surface area (Å²) in [6, 6.07) is 0.595. The molecule has 0 aliphatic carbocycles. The summed E-state index contributed by atoms with van der Waals surface area (Å²) in [4.78, 5) is 21.4. The van der Waals surface area contributed by atoms with Crippen molar-refractivity contribution in [2.45, 2.75) is 31.9 Å². The summed E-state index contributed by atoms with van der Waals surface area (Å²) in [5.74, 6) is -4.50. The Morgan fingerprint density at radius 3 is 2.41 bits per heavy atom. The van der Waals surface area contributed by atoms with Gasteiger partial charge in [0.15, 0.2) is 11.6 Å². The minimum Gasteiger partial charge on any atom is -0.481 e. The van der Waals surface area contributed by atoms with Crippen molar-refractivity contribution in [1.82, 2.24) is 0 Å². The highest BCUT2D eigenvalue weighted by Gasteiger charge is 2.23. The quantitative estimate of drug-likeness (QED) is 0.672. The minimum absolute atomic E-state index is 0.194. The molecular formula is C14H17F2NO5. The highest BCUT2D eigenvalue weighted by atomic mass is 19.2. The van der Waals surface area contributed by atoms with Crippen LogP contribution in [0, 0.1) is 18.6 Å². The number of aryl methyl sites for hydroxylation is 1. The van der Waals surface area contributed by atoms with Gasteiger partial charge in [-0.25, -0.2) is 8.78 Å². The molecule has 0 aromatic heterocycles. The van der Waals surface area contributed by atoms with E-state index in [-0.39, 0.29) is 25.0 Å². The van der Waals surface area contributed by atoms with Crippen LogP contribution in [-0.4, -0.2) is 34.8 Å². The van der Waals surface area contributed by atoms with Crippen molar-refractivity contribution >= 4 is 11.9 Å². The number of hydrogen-bond acceptors (Lipinski definition) is 4. The van der Waals surface area contributed by atoms with Gasteiger partial charge in [0.2, 0.25) is 0 Å². The standard InChI is InChI=1S/C14H17F2NO5/c1-7-4-9(15)10(16)5-8(7)12(6-11(17)14(20)21)22-3-2-13(18)19/h4-5,11-12H,2-3,6,17H2,1H3,(H,18,19)(H,20,21). The number of hydrogen-bond donors (Lipinski definition) is 3. The molecule has 0 saturated carbocycles. The zero-order chi connectivity index (χ0) is 16.9.